The Labute approximate surface area is 339 Å². The van der Waals surface area contributed by atoms with E-state index >= 15 is 0 Å². The van der Waals surface area contributed by atoms with Gasteiger partial charge < -0.3 is 23.8 Å². The second kappa shape index (κ2) is 42.3. The van der Waals surface area contributed by atoms with Crippen LogP contribution in [0, 0.1) is 5.92 Å². The van der Waals surface area contributed by atoms with Crippen LogP contribution in [-0.4, -0.2) is 76.0 Å². The molecule has 0 fully saturated rings. The van der Waals surface area contributed by atoms with Gasteiger partial charge in [0.25, 0.3) is 0 Å². The lowest BCUT2D eigenvalue weighted by atomic mass is 10.0. The third kappa shape index (κ3) is 41.4. The van der Waals surface area contributed by atoms with Crippen LogP contribution in [0.3, 0.4) is 0 Å². The molecule has 0 saturated heterocycles. The molecular formula is C47H97NO5Si. The summed E-state index contributed by atoms with van der Waals surface area (Å²) in [5.41, 5.74) is 0. The van der Waals surface area contributed by atoms with Crippen molar-refractivity contribution in [3.63, 3.8) is 0 Å². The minimum absolute atomic E-state index is 0.144. The molecule has 0 aliphatic rings. The molecule has 7 heteroatoms. The lowest BCUT2D eigenvalue weighted by Gasteiger charge is -2.29. The Bertz CT molecular complexity index is 746. The van der Waals surface area contributed by atoms with E-state index in [4.69, 9.17) is 13.6 Å². The first-order valence-electron chi connectivity index (χ1n) is 23.9. The van der Waals surface area contributed by atoms with Gasteiger partial charge in [-0.1, -0.05) is 174 Å². The van der Waals surface area contributed by atoms with Crippen LogP contribution in [0.1, 0.15) is 220 Å². The number of allylic oxidation sites excluding steroid dienone is 2. The highest BCUT2D eigenvalue weighted by Crippen LogP contribution is 2.20. The average molecular weight is 784 g/mol. The molecule has 0 aromatic rings. The maximum Gasteiger partial charge on any atom is 0.333 e. The van der Waals surface area contributed by atoms with Crippen molar-refractivity contribution in [2.75, 3.05) is 46.1 Å². The normalized spacial score (nSPS) is 13.0. The molecule has 0 aliphatic heterocycles. The number of rotatable bonds is 45. The number of hydrogen-bond donors (Lipinski definition) is 2. The quantitative estimate of drug-likeness (QED) is 0.0277. The molecule has 0 aromatic heterocycles. The molecule has 1 unspecified atom stereocenters. The minimum atomic E-state index is -2.29. The van der Waals surface area contributed by atoms with Crippen molar-refractivity contribution < 1.29 is 23.8 Å². The highest BCUT2D eigenvalue weighted by molar-refractivity contribution is 6.64. The van der Waals surface area contributed by atoms with Crippen molar-refractivity contribution in [2.24, 2.45) is 5.92 Å². The molecule has 0 amide bonds. The molecule has 0 rings (SSSR count). The fourth-order valence-electron chi connectivity index (χ4n) is 7.27. The van der Waals surface area contributed by atoms with Crippen LogP contribution in [0.5, 0.6) is 0 Å². The zero-order valence-electron chi connectivity index (χ0n) is 37.2. The molecule has 6 nitrogen and oxygen atoms in total. The number of unbranched alkanes of at least 4 members (excludes halogenated alkanes) is 25. The number of ether oxygens (including phenoxy) is 1. The van der Waals surface area contributed by atoms with Gasteiger partial charge in [0.2, 0.25) is 0 Å². The van der Waals surface area contributed by atoms with Crippen LogP contribution < -0.4 is 0 Å². The molecule has 0 aliphatic carbocycles. The summed E-state index contributed by atoms with van der Waals surface area (Å²) in [4.78, 5) is 2.13. The van der Waals surface area contributed by atoms with Crippen molar-refractivity contribution in [3.8, 4) is 0 Å². The Morgan fingerprint density at radius 2 is 0.926 bits per heavy atom. The fourth-order valence-corrected chi connectivity index (χ4v) is 8.80. The zero-order chi connectivity index (χ0) is 39.6. The summed E-state index contributed by atoms with van der Waals surface area (Å²) in [6.45, 7) is 15.4. The van der Waals surface area contributed by atoms with Crippen LogP contribution in [-0.2, 0) is 13.6 Å². The summed E-state index contributed by atoms with van der Waals surface area (Å²) in [6, 6.07) is 0. The molecule has 2 N–H and O–H groups in total. The molecule has 0 saturated carbocycles. The Morgan fingerprint density at radius 3 is 1.43 bits per heavy atom. The smallest absolute Gasteiger partial charge is 0.333 e. The molecule has 0 bridgehead atoms. The summed E-state index contributed by atoms with van der Waals surface area (Å²) >= 11 is 0. The standard InChI is InChI=1S/C47H97NO5Si/c1-6-7-8-9-10-11-12-13-14-15-16-20-23-26-30-35-44-51-47(38-33-28-25-22-19-17-18-21-24-27-32-37-46(2)3)53-54(4,5)52-45-36-31-29-34-39-48(40-42-49)41-43-50/h13-14,46-47,49-50H,6-12,15-45H2,1-5H3/b14-13-. The average Bonchev–Trinajstić information content (AvgIpc) is 3.14. The van der Waals surface area contributed by atoms with E-state index < -0.39 is 8.56 Å². The maximum atomic E-state index is 9.22. The van der Waals surface area contributed by atoms with Gasteiger partial charge in [-0.25, -0.2) is 0 Å². The Morgan fingerprint density at radius 1 is 0.500 bits per heavy atom. The van der Waals surface area contributed by atoms with Gasteiger partial charge in [0.15, 0.2) is 0 Å². The fraction of sp³-hybridized carbons (Fsp3) is 0.957. The monoisotopic (exact) mass is 784 g/mol. The molecule has 324 valence electrons. The van der Waals surface area contributed by atoms with E-state index in [2.05, 4.69) is 50.9 Å². The minimum Gasteiger partial charge on any atom is -0.395 e. The van der Waals surface area contributed by atoms with Gasteiger partial charge in [0.05, 0.1) is 13.2 Å². The summed E-state index contributed by atoms with van der Waals surface area (Å²) in [7, 11) is -2.29. The molecule has 0 radical (unpaired) electrons. The molecule has 0 aromatic carbocycles. The van der Waals surface area contributed by atoms with E-state index in [-0.39, 0.29) is 19.5 Å². The predicted octanol–water partition coefficient (Wildman–Crippen LogP) is 13.7. The summed E-state index contributed by atoms with van der Waals surface area (Å²) < 4.78 is 19.4. The third-order valence-corrected chi connectivity index (χ3v) is 12.5. The van der Waals surface area contributed by atoms with Crippen LogP contribution in [0.2, 0.25) is 13.1 Å². The van der Waals surface area contributed by atoms with Crippen LogP contribution >= 0.6 is 0 Å². The van der Waals surface area contributed by atoms with E-state index in [1.165, 1.54) is 161 Å². The second-order valence-electron chi connectivity index (χ2n) is 17.2. The van der Waals surface area contributed by atoms with Gasteiger partial charge in [0, 0.05) is 26.3 Å². The molecular weight excluding hydrogens is 687 g/mol. The van der Waals surface area contributed by atoms with Crippen molar-refractivity contribution in [1.82, 2.24) is 4.90 Å². The Balaban J connectivity index is 4.31. The summed E-state index contributed by atoms with van der Waals surface area (Å²) in [6.07, 6.45) is 44.9. The van der Waals surface area contributed by atoms with E-state index in [9.17, 15) is 10.2 Å². The highest BCUT2D eigenvalue weighted by atomic mass is 28.4. The first-order chi connectivity index (χ1) is 26.3. The van der Waals surface area contributed by atoms with E-state index in [0.29, 0.717) is 13.1 Å². The lowest BCUT2D eigenvalue weighted by Crippen LogP contribution is -2.40. The van der Waals surface area contributed by atoms with Crippen molar-refractivity contribution >= 4 is 8.56 Å². The predicted molar refractivity (Wildman–Crippen MR) is 238 cm³/mol. The topological polar surface area (TPSA) is 71.4 Å². The molecule has 54 heavy (non-hydrogen) atoms. The van der Waals surface area contributed by atoms with Crippen molar-refractivity contribution in [1.29, 1.82) is 0 Å². The lowest BCUT2D eigenvalue weighted by molar-refractivity contribution is -0.104. The van der Waals surface area contributed by atoms with Gasteiger partial charge >= 0.3 is 8.56 Å². The maximum absolute atomic E-state index is 9.22. The first kappa shape index (κ1) is 53.7. The van der Waals surface area contributed by atoms with Crippen molar-refractivity contribution in [2.45, 2.75) is 239 Å². The second-order valence-corrected chi connectivity index (χ2v) is 20.5. The van der Waals surface area contributed by atoms with Crippen LogP contribution in [0.15, 0.2) is 12.2 Å². The van der Waals surface area contributed by atoms with Gasteiger partial charge in [-0.05, 0) is 83.3 Å². The largest absolute Gasteiger partial charge is 0.395 e. The van der Waals surface area contributed by atoms with E-state index in [1.54, 1.807) is 0 Å². The van der Waals surface area contributed by atoms with E-state index in [1.807, 2.05) is 0 Å². The number of aliphatic hydroxyl groups is 2. The number of aliphatic hydroxyl groups excluding tert-OH is 2. The van der Waals surface area contributed by atoms with Gasteiger partial charge in [-0.15, -0.1) is 0 Å². The van der Waals surface area contributed by atoms with Crippen LogP contribution in [0.25, 0.3) is 0 Å². The number of nitrogens with zero attached hydrogens (tertiary/aromatic N) is 1. The van der Waals surface area contributed by atoms with E-state index in [0.717, 1.165) is 64.2 Å². The van der Waals surface area contributed by atoms with Crippen molar-refractivity contribution in [3.05, 3.63) is 12.2 Å². The molecule has 1 atom stereocenters. The Hall–Kier alpha value is -0.283. The van der Waals surface area contributed by atoms with Gasteiger partial charge in [-0.3, -0.25) is 4.90 Å². The molecule has 0 spiro atoms. The highest BCUT2D eigenvalue weighted by Gasteiger charge is 2.29. The summed E-state index contributed by atoms with van der Waals surface area (Å²) in [5.74, 6) is 0.855. The first-order valence-corrected chi connectivity index (χ1v) is 26.7. The number of hydrogen-bond acceptors (Lipinski definition) is 6. The van der Waals surface area contributed by atoms with Gasteiger partial charge in [0.1, 0.15) is 6.29 Å². The van der Waals surface area contributed by atoms with Crippen LogP contribution in [0.4, 0.5) is 0 Å². The van der Waals surface area contributed by atoms with Gasteiger partial charge in [-0.2, -0.15) is 0 Å². The SMILES string of the molecule is CCCCCCCC/C=C\CCCCCCCCOC(CCCCCCCCCCCCCC(C)C)O[Si](C)(C)OCCCCCCN(CCO)CCO. The third-order valence-electron chi connectivity index (χ3n) is 10.7. The zero-order valence-corrected chi connectivity index (χ0v) is 38.2. The Kier molecular flexibility index (Phi) is 42.1. The molecule has 0 heterocycles. The summed E-state index contributed by atoms with van der Waals surface area (Å²) in [5, 5.41) is 18.4.